The molecule has 4 saturated heterocycles. The van der Waals surface area contributed by atoms with Gasteiger partial charge in [-0.1, -0.05) is 6.42 Å². The molecule has 0 aromatic carbocycles. The number of nitrogens with two attached hydrogens (primary N) is 9. The molecule has 0 aromatic rings. The monoisotopic (exact) mass is 1430 g/mol. The van der Waals surface area contributed by atoms with Crippen molar-refractivity contribution in [1.29, 1.82) is 0 Å². The number of rotatable bonds is 51. The fraction of sp³-hybridized carbons (Fsp3) is 0.824. The summed E-state index contributed by atoms with van der Waals surface area (Å²) in [5, 5.41) is 29.9. The Labute approximate surface area is 596 Å². The fourth-order valence-electron chi connectivity index (χ4n) is 13.8. The van der Waals surface area contributed by atoms with Gasteiger partial charge in [0.15, 0.2) is 0 Å². The molecule has 4 aliphatic rings. The number of nitrogens with zero attached hydrogens (tertiary/aromatic N) is 4. The third-order valence-corrected chi connectivity index (χ3v) is 19.6. The van der Waals surface area contributed by atoms with Gasteiger partial charge in [0.05, 0.1) is 6.04 Å². The average Bonchev–Trinajstić information content (AvgIpc) is 1.81. The van der Waals surface area contributed by atoms with Gasteiger partial charge in [-0.25, -0.2) is 4.79 Å². The molecule has 0 aliphatic carbocycles. The molecule has 4 rings (SSSR count). The lowest BCUT2D eigenvalue weighted by Gasteiger charge is -2.32. The van der Waals surface area contributed by atoms with E-state index in [0.29, 0.717) is 168 Å². The van der Waals surface area contributed by atoms with Crippen molar-refractivity contribution in [2.24, 2.45) is 51.6 Å². The zero-order chi connectivity index (χ0) is 74.2. The molecule has 0 saturated carbocycles. The highest BCUT2D eigenvalue weighted by Crippen LogP contribution is 2.26. The highest BCUT2D eigenvalue weighted by atomic mass is 16.4. The van der Waals surface area contributed by atoms with E-state index < -0.39 is 143 Å². The van der Waals surface area contributed by atoms with Crippen LogP contribution in [0.4, 0.5) is 0 Å². The van der Waals surface area contributed by atoms with E-state index in [-0.39, 0.29) is 116 Å². The Morgan fingerprint density at radius 1 is 0.287 bits per heavy atom. The van der Waals surface area contributed by atoms with Gasteiger partial charge >= 0.3 is 5.97 Å². The number of carboxylic acids is 1. The van der Waals surface area contributed by atoms with Gasteiger partial charge in [0, 0.05) is 26.2 Å². The molecule has 0 bridgehead atoms. The molecule has 33 heteroatoms. The van der Waals surface area contributed by atoms with Crippen LogP contribution in [0.25, 0.3) is 0 Å². The van der Waals surface area contributed by atoms with Crippen molar-refractivity contribution < 1.29 is 62.6 Å². The van der Waals surface area contributed by atoms with E-state index in [1.54, 1.807) is 0 Å². The maximum absolute atomic E-state index is 14.9. The van der Waals surface area contributed by atoms with Gasteiger partial charge < -0.3 is 114 Å². The maximum atomic E-state index is 14.9. The molecule has 11 amide bonds. The second-order valence-corrected chi connectivity index (χ2v) is 27.4. The average molecular weight is 1430 g/mol. The summed E-state index contributed by atoms with van der Waals surface area (Å²) in [6, 6.07) is -13.1. The van der Waals surface area contributed by atoms with E-state index >= 15 is 0 Å². The maximum Gasteiger partial charge on any atom is 0.326 e. The molecule has 576 valence electrons. The van der Waals surface area contributed by atoms with Crippen molar-refractivity contribution >= 4 is 70.9 Å². The Bertz CT molecular complexity index is 2610. The molecule has 26 N–H and O–H groups in total. The van der Waals surface area contributed by atoms with E-state index in [9.17, 15) is 62.6 Å². The first-order valence-corrected chi connectivity index (χ1v) is 37.6. The summed E-state index contributed by atoms with van der Waals surface area (Å²) < 4.78 is 0. The quantitative estimate of drug-likeness (QED) is 0.0267. The second-order valence-electron chi connectivity index (χ2n) is 27.4. The fourth-order valence-corrected chi connectivity index (χ4v) is 13.8. The van der Waals surface area contributed by atoms with Crippen LogP contribution in [-0.4, -0.2) is 247 Å². The van der Waals surface area contributed by atoms with Crippen molar-refractivity contribution in [2.45, 2.75) is 278 Å². The molecule has 4 aliphatic heterocycles. The standard InChI is InChI=1S/C68H126N20O13/c69-33-9-1-21-45(77)57(89)81-49(25-5-13-37-73)64(96)85-41-17-29-53(85)61(93)78-46(22-2-10-34-70)58(90)82-50(26-6-14-38-74)65(97)86-42-18-30-54(86)62(94)79-47(23-3-11-35-71)59(91)83-51(27-7-15-39-75)66(98)87-43-19-31-55(87)63(95)80-48(24-4-12-36-72)60(92)84-52(28-8-16-40-76)67(99)88-44-20-32-56(88)68(100)101/h45-56H,1-44,69-77H2,(H,78,93)(H,79,94)(H,80,95)(H,81,89)(H,82,90)(H,83,91)(H,84,92)(H,100,101)/t45-,46-,47-,48-,49-,50-,51-,52-,53-,54-,55-,56-/m0/s1. The zero-order valence-corrected chi connectivity index (χ0v) is 59.9. The molecule has 101 heavy (non-hydrogen) atoms. The van der Waals surface area contributed by atoms with Crippen molar-refractivity contribution in [3.8, 4) is 0 Å². The highest BCUT2D eigenvalue weighted by molar-refractivity contribution is 6.00. The number of carboxylic acid groups (broad SMARTS) is 1. The van der Waals surface area contributed by atoms with Crippen molar-refractivity contribution in [2.75, 3.05) is 78.5 Å². The Kier molecular flexibility index (Phi) is 41.4. The van der Waals surface area contributed by atoms with Crippen LogP contribution < -0.4 is 88.8 Å². The van der Waals surface area contributed by atoms with Gasteiger partial charge in [0.2, 0.25) is 65.0 Å². The number of carbonyl (C=O) groups excluding carboxylic acids is 11. The number of aliphatic carboxylic acids is 1. The summed E-state index contributed by atoms with van der Waals surface area (Å²) in [4.78, 5) is 176. The van der Waals surface area contributed by atoms with Gasteiger partial charge in [-0.3, -0.25) is 52.7 Å². The molecule has 0 unspecified atom stereocenters. The second kappa shape index (κ2) is 48.3. The predicted octanol–water partition coefficient (Wildman–Crippen LogP) is -3.21. The Morgan fingerprint density at radius 3 is 0.733 bits per heavy atom. The lowest BCUT2D eigenvalue weighted by atomic mass is 10.0. The highest BCUT2D eigenvalue weighted by Gasteiger charge is 2.45. The van der Waals surface area contributed by atoms with Crippen LogP contribution >= 0.6 is 0 Å². The first kappa shape index (κ1) is 86.7. The van der Waals surface area contributed by atoms with Crippen LogP contribution in [0.3, 0.4) is 0 Å². The summed E-state index contributed by atoms with van der Waals surface area (Å²) in [6.07, 6.45) is 12.1. The summed E-state index contributed by atoms with van der Waals surface area (Å²) in [7, 11) is 0. The number of hydrogen-bond donors (Lipinski definition) is 17. The lowest BCUT2D eigenvalue weighted by molar-refractivity contribution is -0.149. The van der Waals surface area contributed by atoms with Crippen LogP contribution in [0.15, 0.2) is 0 Å². The topological polar surface area (TPSA) is 556 Å². The number of likely N-dealkylation sites (tertiary alicyclic amines) is 4. The van der Waals surface area contributed by atoms with E-state index in [2.05, 4.69) is 37.2 Å². The Balaban J connectivity index is 1.54. The number of carbonyl (C=O) groups is 12. The summed E-state index contributed by atoms with van der Waals surface area (Å²) >= 11 is 0. The van der Waals surface area contributed by atoms with Gasteiger partial charge in [-0.15, -0.1) is 0 Å². The third kappa shape index (κ3) is 28.5. The molecule has 33 nitrogen and oxygen atoms in total. The van der Waals surface area contributed by atoms with Crippen LogP contribution in [0, 0.1) is 0 Å². The smallest absolute Gasteiger partial charge is 0.326 e. The largest absolute Gasteiger partial charge is 0.480 e. The van der Waals surface area contributed by atoms with Gasteiger partial charge in [-0.2, -0.15) is 0 Å². The minimum Gasteiger partial charge on any atom is -0.480 e. The van der Waals surface area contributed by atoms with Gasteiger partial charge in [0.1, 0.15) is 66.5 Å². The Morgan fingerprint density at radius 2 is 0.495 bits per heavy atom. The van der Waals surface area contributed by atoms with Crippen LogP contribution in [0.1, 0.15) is 205 Å². The predicted molar refractivity (Wildman–Crippen MR) is 381 cm³/mol. The zero-order valence-electron chi connectivity index (χ0n) is 59.9. The lowest BCUT2D eigenvalue weighted by Crippen LogP contribution is -2.60. The first-order valence-electron chi connectivity index (χ1n) is 37.6. The van der Waals surface area contributed by atoms with Gasteiger partial charge in [0.25, 0.3) is 0 Å². The van der Waals surface area contributed by atoms with E-state index in [0.717, 1.165) is 0 Å². The number of unbranched alkanes of at least 4 members (excludes halogenated alkanes) is 8. The summed E-state index contributed by atoms with van der Waals surface area (Å²) in [6.45, 7) is 3.30. The number of hydrogen-bond acceptors (Lipinski definition) is 21. The van der Waals surface area contributed by atoms with Crippen molar-refractivity contribution in [3.05, 3.63) is 0 Å². The first-order chi connectivity index (χ1) is 48.7. The molecule has 0 spiro atoms. The van der Waals surface area contributed by atoms with Crippen LogP contribution in [-0.2, 0) is 57.5 Å². The van der Waals surface area contributed by atoms with Gasteiger partial charge in [-0.05, 0) is 251 Å². The minimum atomic E-state index is -1.23. The summed E-state index contributed by atoms with van der Waals surface area (Å²) in [5.41, 5.74) is 52.8. The molecular formula is C68H126N20O13. The Hall–Kier alpha value is -6.72. The number of amides is 11. The molecule has 0 radical (unpaired) electrons. The number of nitrogens with one attached hydrogen (secondary N) is 7. The molecular weight excluding hydrogens is 1300 g/mol. The normalized spacial score (nSPS) is 19.9. The molecule has 12 atom stereocenters. The SMILES string of the molecule is NCCCC[C@H](NC(=O)[C@@H]1CCCN1C(=O)[C@H](CCCCN)NC(=O)[C@H](CCCCN)NC(=O)[C@@H]1CCCN1C(=O)[C@H](CCCCN)NC(=O)[C@H](CCCCN)NC(=O)[C@@H]1CCCN1C(=O)[C@H](CCCCN)NC(=O)[C@@H](N)CCCCN)C(=O)N[C@@H](CCCCN)C(=O)N1CCC[C@H]1C(=O)O. The van der Waals surface area contributed by atoms with E-state index in [4.69, 9.17) is 51.6 Å². The summed E-state index contributed by atoms with van der Waals surface area (Å²) in [5.74, 6) is -7.69. The van der Waals surface area contributed by atoms with Crippen molar-refractivity contribution in [1.82, 2.24) is 56.8 Å². The van der Waals surface area contributed by atoms with E-state index in [1.807, 2.05) is 0 Å². The third-order valence-electron chi connectivity index (χ3n) is 19.6. The van der Waals surface area contributed by atoms with Crippen LogP contribution in [0.2, 0.25) is 0 Å². The minimum absolute atomic E-state index is 0.0948. The molecule has 4 heterocycles. The van der Waals surface area contributed by atoms with Crippen molar-refractivity contribution in [3.63, 3.8) is 0 Å². The van der Waals surface area contributed by atoms with Crippen LogP contribution in [0.5, 0.6) is 0 Å². The van der Waals surface area contributed by atoms with E-state index in [1.165, 1.54) is 19.6 Å². The molecule has 4 fully saturated rings. The molecule has 0 aromatic heterocycles.